The molecule has 1 amide bonds. The lowest BCUT2D eigenvalue weighted by atomic mass is 10.1. The van der Waals surface area contributed by atoms with Crippen LogP contribution in [0.4, 0.5) is 17.6 Å². The quantitative estimate of drug-likeness (QED) is 0.417. The van der Waals surface area contributed by atoms with Gasteiger partial charge in [-0.2, -0.15) is 4.98 Å². The summed E-state index contributed by atoms with van der Waals surface area (Å²) < 4.78 is 1.77. The fraction of sp³-hybridized carbons (Fsp3) is 0.542. The van der Waals surface area contributed by atoms with Crippen LogP contribution >= 0.6 is 0 Å². The Labute approximate surface area is 206 Å². The van der Waals surface area contributed by atoms with Crippen molar-refractivity contribution < 1.29 is 4.79 Å². The van der Waals surface area contributed by atoms with Crippen LogP contribution in [0.15, 0.2) is 18.5 Å². The van der Waals surface area contributed by atoms with Gasteiger partial charge >= 0.3 is 0 Å². The topological polar surface area (TPSA) is 130 Å². The van der Waals surface area contributed by atoms with E-state index in [0.29, 0.717) is 43.5 Å². The predicted molar refractivity (Wildman–Crippen MR) is 138 cm³/mol. The Morgan fingerprint density at radius 2 is 1.97 bits per heavy atom. The van der Waals surface area contributed by atoms with Crippen LogP contribution in [0.2, 0.25) is 0 Å². The first kappa shape index (κ1) is 24.6. The number of nitrogens with two attached hydrogens (primary N) is 1. The van der Waals surface area contributed by atoms with Gasteiger partial charge in [0.2, 0.25) is 11.9 Å². The van der Waals surface area contributed by atoms with Gasteiger partial charge in [0.1, 0.15) is 5.82 Å². The number of aryl methyl sites for hydroxylation is 1. The van der Waals surface area contributed by atoms with Gasteiger partial charge in [0, 0.05) is 44.8 Å². The SMILES string of the molecule is CCC[C@H](C)Nc1nc(N)c2ncc(Cc3cnc(N4CCN(C(=O)CNC)CC4)c(C)c3)n2n1. The summed E-state index contributed by atoms with van der Waals surface area (Å²) in [6.07, 6.45) is 6.44. The van der Waals surface area contributed by atoms with Crippen LogP contribution in [-0.4, -0.2) is 81.2 Å². The van der Waals surface area contributed by atoms with Crippen LogP contribution in [0.3, 0.4) is 0 Å². The minimum atomic E-state index is 0.142. The summed E-state index contributed by atoms with van der Waals surface area (Å²) in [7, 11) is 1.79. The third kappa shape index (κ3) is 5.61. The molecule has 4 N–H and O–H groups in total. The predicted octanol–water partition coefficient (Wildman–Crippen LogP) is 1.47. The van der Waals surface area contributed by atoms with Gasteiger partial charge in [0.05, 0.1) is 18.4 Å². The number of nitrogen functional groups attached to an aromatic ring is 1. The smallest absolute Gasteiger partial charge is 0.243 e. The molecule has 1 aliphatic heterocycles. The molecule has 0 aliphatic carbocycles. The van der Waals surface area contributed by atoms with Gasteiger partial charge in [0.25, 0.3) is 0 Å². The Kier molecular flexibility index (Phi) is 7.64. The molecule has 0 spiro atoms. The van der Waals surface area contributed by atoms with Crippen molar-refractivity contribution in [1.82, 2.24) is 34.8 Å². The Hall–Kier alpha value is -3.47. The summed E-state index contributed by atoms with van der Waals surface area (Å²) in [5.41, 5.74) is 9.82. The number of pyridine rings is 1. The number of imidazole rings is 1. The maximum Gasteiger partial charge on any atom is 0.243 e. The Morgan fingerprint density at radius 1 is 1.20 bits per heavy atom. The second kappa shape index (κ2) is 10.9. The third-order valence-electron chi connectivity index (χ3n) is 6.31. The normalized spacial score (nSPS) is 15.0. The van der Waals surface area contributed by atoms with E-state index in [1.807, 2.05) is 11.1 Å². The van der Waals surface area contributed by atoms with Crippen LogP contribution < -0.4 is 21.3 Å². The average molecular weight is 481 g/mol. The second-order valence-electron chi connectivity index (χ2n) is 9.20. The second-order valence-corrected chi connectivity index (χ2v) is 9.20. The zero-order chi connectivity index (χ0) is 24.9. The van der Waals surface area contributed by atoms with E-state index < -0.39 is 0 Å². The maximum atomic E-state index is 12.1. The summed E-state index contributed by atoms with van der Waals surface area (Å²) in [6.45, 7) is 9.68. The van der Waals surface area contributed by atoms with E-state index in [4.69, 9.17) is 10.7 Å². The van der Waals surface area contributed by atoms with Gasteiger partial charge in [-0.05, 0) is 38.4 Å². The van der Waals surface area contributed by atoms with Gasteiger partial charge in [-0.1, -0.05) is 19.4 Å². The standard InChI is InChI=1S/C24H36N10O/c1-5-6-17(3)29-24-30-21(25)23-28-14-19(34(23)31-24)12-18-11-16(2)22(27-13-18)33-9-7-32(8-10-33)20(35)15-26-4/h11,13-14,17,26H,5-10,12,15H2,1-4H3,(H3,25,29,30,31)/t17-/m0/s1. The van der Waals surface area contributed by atoms with E-state index in [9.17, 15) is 4.79 Å². The molecule has 3 aromatic heterocycles. The molecule has 3 aromatic rings. The fourth-order valence-corrected chi connectivity index (χ4v) is 4.55. The molecule has 0 unspecified atom stereocenters. The van der Waals surface area contributed by atoms with Crippen molar-refractivity contribution in [2.45, 2.75) is 46.1 Å². The fourth-order valence-electron chi connectivity index (χ4n) is 4.55. The number of hydrogen-bond donors (Lipinski definition) is 3. The number of rotatable bonds is 9. The summed E-state index contributed by atoms with van der Waals surface area (Å²) in [6, 6.07) is 2.42. The maximum absolute atomic E-state index is 12.1. The first-order valence-corrected chi connectivity index (χ1v) is 12.3. The van der Waals surface area contributed by atoms with Crippen molar-refractivity contribution >= 4 is 29.1 Å². The van der Waals surface area contributed by atoms with Crippen molar-refractivity contribution in [2.24, 2.45) is 0 Å². The molecule has 1 saturated heterocycles. The monoisotopic (exact) mass is 480 g/mol. The van der Waals surface area contributed by atoms with Crippen molar-refractivity contribution in [3.05, 3.63) is 35.3 Å². The minimum absolute atomic E-state index is 0.142. The molecule has 0 radical (unpaired) electrons. The van der Waals surface area contributed by atoms with Crippen LogP contribution in [0.5, 0.6) is 0 Å². The van der Waals surface area contributed by atoms with Crippen LogP contribution in [0.25, 0.3) is 5.65 Å². The zero-order valence-corrected chi connectivity index (χ0v) is 21.1. The molecular formula is C24H36N10O. The number of nitrogens with zero attached hydrogens (tertiary/aromatic N) is 7. The van der Waals surface area contributed by atoms with Gasteiger partial charge in [-0.15, -0.1) is 5.10 Å². The first-order chi connectivity index (χ1) is 16.9. The molecule has 35 heavy (non-hydrogen) atoms. The number of amides is 1. The Bertz CT molecular complexity index is 1170. The minimum Gasteiger partial charge on any atom is -0.380 e. The van der Waals surface area contributed by atoms with Gasteiger partial charge in [-0.25, -0.2) is 14.5 Å². The molecule has 0 saturated carbocycles. The third-order valence-corrected chi connectivity index (χ3v) is 6.31. The molecule has 11 heteroatoms. The van der Waals surface area contributed by atoms with E-state index in [2.05, 4.69) is 57.4 Å². The van der Waals surface area contributed by atoms with Crippen molar-refractivity contribution in [3.63, 3.8) is 0 Å². The van der Waals surface area contributed by atoms with E-state index in [-0.39, 0.29) is 11.9 Å². The molecular weight excluding hydrogens is 444 g/mol. The Balaban J connectivity index is 1.47. The number of nitrogens with one attached hydrogen (secondary N) is 2. The Morgan fingerprint density at radius 3 is 2.66 bits per heavy atom. The number of carbonyl (C=O) groups excluding carboxylic acids is 1. The number of piperazine rings is 1. The van der Waals surface area contributed by atoms with E-state index in [0.717, 1.165) is 48.6 Å². The number of fused-ring (bicyclic) bond motifs is 1. The number of hydrogen-bond acceptors (Lipinski definition) is 9. The molecule has 4 rings (SSSR count). The summed E-state index contributed by atoms with van der Waals surface area (Å²) in [5.74, 6) is 1.97. The summed E-state index contributed by atoms with van der Waals surface area (Å²) >= 11 is 0. The zero-order valence-electron chi connectivity index (χ0n) is 21.1. The van der Waals surface area contributed by atoms with Crippen molar-refractivity contribution in [3.8, 4) is 0 Å². The van der Waals surface area contributed by atoms with Crippen molar-refractivity contribution in [1.29, 1.82) is 0 Å². The highest BCUT2D eigenvalue weighted by atomic mass is 16.2. The van der Waals surface area contributed by atoms with Crippen molar-refractivity contribution in [2.75, 3.05) is 55.7 Å². The molecule has 1 atom stereocenters. The molecule has 0 aromatic carbocycles. The summed E-state index contributed by atoms with van der Waals surface area (Å²) in [4.78, 5) is 29.9. The number of anilines is 3. The number of carbonyl (C=O) groups is 1. The largest absolute Gasteiger partial charge is 0.380 e. The number of likely N-dealkylation sites (N-methyl/N-ethyl adjacent to an activating group) is 1. The number of aromatic nitrogens is 5. The molecule has 0 bridgehead atoms. The van der Waals surface area contributed by atoms with Gasteiger partial charge < -0.3 is 26.2 Å². The lowest BCUT2D eigenvalue weighted by Gasteiger charge is -2.36. The van der Waals surface area contributed by atoms with Crippen LogP contribution in [-0.2, 0) is 11.2 Å². The van der Waals surface area contributed by atoms with E-state index in [1.165, 1.54) is 0 Å². The van der Waals surface area contributed by atoms with E-state index in [1.54, 1.807) is 17.8 Å². The summed E-state index contributed by atoms with van der Waals surface area (Å²) in [5, 5.41) is 10.9. The molecule has 4 heterocycles. The highest BCUT2D eigenvalue weighted by molar-refractivity contribution is 5.78. The molecule has 1 fully saturated rings. The molecule has 11 nitrogen and oxygen atoms in total. The average Bonchev–Trinajstić information content (AvgIpc) is 3.22. The van der Waals surface area contributed by atoms with Gasteiger partial charge in [0.15, 0.2) is 11.5 Å². The highest BCUT2D eigenvalue weighted by Gasteiger charge is 2.22. The lowest BCUT2D eigenvalue weighted by molar-refractivity contribution is -0.130. The lowest BCUT2D eigenvalue weighted by Crippen LogP contribution is -2.51. The van der Waals surface area contributed by atoms with Crippen LogP contribution in [0, 0.1) is 6.92 Å². The van der Waals surface area contributed by atoms with Gasteiger partial charge in [-0.3, -0.25) is 4.79 Å². The molecule has 1 aliphatic rings. The molecule has 188 valence electrons. The van der Waals surface area contributed by atoms with E-state index >= 15 is 0 Å². The van der Waals surface area contributed by atoms with Crippen LogP contribution in [0.1, 0.15) is 43.5 Å². The highest BCUT2D eigenvalue weighted by Crippen LogP contribution is 2.22. The first-order valence-electron chi connectivity index (χ1n) is 12.3.